The van der Waals surface area contributed by atoms with Crippen LogP contribution in [0.25, 0.3) is 0 Å². The highest BCUT2D eigenvalue weighted by atomic mass is 32.2. The maximum absolute atomic E-state index is 12.9. The van der Waals surface area contributed by atoms with Crippen LogP contribution < -0.4 is 5.32 Å². The molecule has 2 saturated heterocycles. The minimum Gasteiger partial charge on any atom is -0.356 e. The minimum absolute atomic E-state index is 0.0123. The molecule has 1 aromatic rings. The zero-order valence-corrected chi connectivity index (χ0v) is 18.7. The van der Waals surface area contributed by atoms with Crippen molar-refractivity contribution in [3.05, 3.63) is 17.0 Å². The van der Waals surface area contributed by atoms with Gasteiger partial charge in [-0.2, -0.15) is 4.31 Å². The predicted octanol–water partition coefficient (Wildman–Crippen LogP) is 2.70. The summed E-state index contributed by atoms with van der Waals surface area (Å²) < 4.78 is 27.6. The molecular weight excluding hydrogens is 394 g/mol. The summed E-state index contributed by atoms with van der Waals surface area (Å²) in [4.78, 5) is 16.2. The first-order valence-electron chi connectivity index (χ1n) is 10.5. The lowest BCUT2D eigenvalue weighted by Gasteiger charge is -2.33. The van der Waals surface area contributed by atoms with E-state index in [1.54, 1.807) is 6.07 Å². The number of nitrogens with one attached hydrogen (secondary N) is 1. The molecule has 158 valence electrons. The molecule has 1 amide bonds. The number of piperidine rings is 2. The van der Waals surface area contributed by atoms with Crippen LogP contribution >= 0.6 is 11.3 Å². The second kappa shape index (κ2) is 9.69. The standard InChI is InChI=1S/C20H33N3O3S2/c1-3-10-22-12-8-17(9-13-22)14-21-20(24)18-5-4-11-23(15-18)28(25,26)19-7-6-16(2)27-19/h6-7,17-18H,3-5,8-15H2,1-2H3,(H,21,24)/t18-/m1/s1. The molecule has 28 heavy (non-hydrogen) atoms. The number of aryl methyl sites for hydroxylation is 1. The minimum atomic E-state index is -3.49. The van der Waals surface area contributed by atoms with E-state index in [1.807, 2.05) is 13.0 Å². The SMILES string of the molecule is CCCN1CCC(CNC(=O)[C@@H]2CCCN(S(=O)(=O)c3ccc(C)s3)C2)CC1. The summed E-state index contributed by atoms with van der Waals surface area (Å²) >= 11 is 1.30. The molecule has 0 aromatic carbocycles. The van der Waals surface area contributed by atoms with Crippen molar-refractivity contribution in [2.45, 2.75) is 50.2 Å². The fourth-order valence-corrected chi connectivity index (χ4v) is 7.13. The van der Waals surface area contributed by atoms with Gasteiger partial charge < -0.3 is 10.2 Å². The number of hydrogen-bond acceptors (Lipinski definition) is 5. The Morgan fingerprint density at radius 3 is 2.61 bits per heavy atom. The highest BCUT2D eigenvalue weighted by Crippen LogP contribution is 2.28. The molecule has 2 fully saturated rings. The zero-order valence-electron chi connectivity index (χ0n) is 17.0. The third kappa shape index (κ3) is 5.34. The summed E-state index contributed by atoms with van der Waals surface area (Å²) in [6.45, 7) is 9.01. The molecule has 1 atom stereocenters. The molecule has 0 saturated carbocycles. The Morgan fingerprint density at radius 1 is 1.21 bits per heavy atom. The van der Waals surface area contributed by atoms with Gasteiger partial charge in [-0.25, -0.2) is 8.42 Å². The highest BCUT2D eigenvalue weighted by molar-refractivity contribution is 7.91. The van der Waals surface area contributed by atoms with Gasteiger partial charge in [0.15, 0.2) is 0 Å². The molecule has 0 spiro atoms. The van der Waals surface area contributed by atoms with Gasteiger partial charge in [-0.3, -0.25) is 4.79 Å². The van der Waals surface area contributed by atoms with Crippen molar-refractivity contribution in [1.29, 1.82) is 0 Å². The van der Waals surface area contributed by atoms with Crippen LogP contribution in [0.5, 0.6) is 0 Å². The molecule has 2 aliphatic heterocycles. The normalized spacial score (nSPS) is 23.0. The van der Waals surface area contributed by atoms with Crippen LogP contribution in [-0.2, 0) is 14.8 Å². The Kier molecular flexibility index (Phi) is 7.53. The smallest absolute Gasteiger partial charge is 0.252 e. The fraction of sp³-hybridized carbons (Fsp3) is 0.750. The Labute approximate surface area is 173 Å². The Hall–Kier alpha value is -0.960. The molecule has 2 aliphatic rings. The quantitative estimate of drug-likeness (QED) is 0.726. The van der Waals surface area contributed by atoms with E-state index in [9.17, 15) is 13.2 Å². The second-order valence-electron chi connectivity index (χ2n) is 8.10. The number of likely N-dealkylation sites (tertiary alicyclic amines) is 1. The lowest BCUT2D eigenvalue weighted by molar-refractivity contribution is -0.126. The maximum atomic E-state index is 12.9. The molecular formula is C20H33N3O3S2. The van der Waals surface area contributed by atoms with Crippen LogP contribution in [0.4, 0.5) is 0 Å². The van der Waals surface area contributed by atoms with Gasteiger partial charge in [-0.15, -0.1) is 11.3 Å². The van der Waals surface area contributed by atoms with Gasteiger partial charge in [0.1, 0.15) is 4.21 Å². The average Bonchev–Trinajstić information content (AvgIpc) is 3.15. The summed E-state index contributed by atoms with van der Waals surface area (Å²) in [5, 5.41) is 3.11. The van der Waals surface area contributed by atoms with Crippen molar-refractivity contribution in [1.82, 2.24) is 14.5 Å². The van der Waals surface area contributed by atoms with Crippen molar-refractivity contribution in [2.75, 3.05) is 39.3 Å². The van der Waals surface area contributed by atoms with Gasteiger partial charge in [-0.1, -0.05) is 6.92 Å². The molecule has 3 heterocycles. The molecule has 3 rings (SSSR count). The number of carbonyl (C=O) groups is 1. The van der Waals surface area contributed by atoms with Crippen LogP contribution in [0.1, 0.15) is 43.9 Å². The lowest BCUT2D eigenvalue weighted by Crippen LogP contribution is -2.46. The number of amides is 1. The lowest BCUT2D eigenvalue weighted by atomic mass is 9.95. The number of nitrogens with zero attached hydrogens (tertiary/aromatic N) is 2. The number of sulfonamides is 1. The monoisotopic (exact) mass is 427 g/mol. The van der Waals surface area contributed by atoms with Crippen LogP contribution in [0.2, 0.25) is 0 Å². The van der Waals surface area contributed by atoms with E-state index in [4.69, 9.17) is 0 Å². The van der Waals surface area contributed by atoms with E-state index in [-0.39, 0.29) is 11.8 Å². The van der Waals surface area contributed by atoms with Crippen molar-refractivity contribution in [2.24, 2.45) is 11.8 Å². The van der Waals surface area contributed by atoms with Gasteiger partial charge in [0.05, 0.1) is 5.92 Å². The number of carbonyl (C=O) groups excluding carboxylic acids is 1. The van der Waals surface area contributed by atoms with Crippen LogP contribution in [0.15, 0.2) is 16.3 Å². The molecule has 1 aromatic heterocycles. The van der Waals surface area contributed by atoms with Crippen molar-refractivity contribution < 1.29 is 13.2 Å². The summed E-state index contributed by atoms with van der Waals surface area (Å²) in [7, 11) is -3.49. The van der Waals surface area contributed by atoms with Gasteiger partial charge in [0.25, 0.3) is 10.0 Å². The number of thiophene rings is 1. The van der Waals surface area contributed by atoms with Crippen molar-refractivity contribution in [3.8, 4) is 0 Å². The molecule has 8 heteroatoms. The second-order valence-corrected chi connectivity index (χ2v) is 11.6. The Morgan fingerprint density at radius 2 is 1.96 bits per heavy atom. The number of rotatable bonds is 7. The summed E-state index contributed by atoms with van der Waals surface area (Å²) in [5.41, 5.74) is 0. The van der Waals surface area contributed by atoms with Crippen LogP contribution in [0, 0.1) is 18.8 Å². The first-order valence-corrected chi connectivity index (χ1v) is 12.7. The third-order valence-electron chi connectivity index (χ3n) is 5.88. The van der Waals surface area contributed by atoms with Crippen molar-refractivity contribution >= 4 is 27.3 Å². The zero-order chi connectivity index (χ0) is 20.1. The molecule has 0 bridgehead atoms. The van der Waals surface area contributed by atoms with Gasteiger partial charge in [0.2, 0.25) is 5.91 Å². The largest absolute Gasteiger partial charge is 0.356 e. The fourth-order valence-electron chi connectivity index (χ4n) is 4.17. The third-order valence-corrected chi connectivity index (χ3v) is 9.21. The highest BCUT2D eigenvalue weighted by Gasteiger charge is 2.34. The molecule has 0 radical (unpaired) electrons. The average molecular weight is 428 g/mol. The van der Waals surface area contributed by atoms with Gasteiger partial charge in [-0.05, 0) is 76.7 Å². The summed E-state index contributed by atoms with van der Waals surface area (Å²) in [6.07, 6.45) is 4.94. The predicted molar refractivity (Wildman–Crippen MR) is 113 cm³/mol. The van der Waals surface area contributed by atoms with E-state index in [0.717, 1.165) is 50.2 Å². The maximum Gasteiger partial charge on any atom is 0.252 e. The van der Waals surface area contributed by atoms with Crippen LogP contribution in [-0.4, -0.2) is 62.8 Å². The van der Waals surface area contributed by atoms with E-state index in [2.05, 4.69) is 17.1 Å². The first kappa shape index (κ1) is 21.7. The van der Waals surface area contributed by atoms with Crippen molar-refractivity contribution in [3.63, 3.8) is 0 Å². The Bertz CT molecular complexity index is 755. The molecule has 1 N–H and O–H groups in total. The summed E-state index contributed by atoms with van der Waals surface area (Å²) in [5.74, 6) is 0.303. The van der Waals surface area contributed by atoms with E-state index >= 15 is 0 Å². The number of hydrogen-bond donors (Lipinski definition) is 1. The molecule has 0 unspecified atom stereocenters. The topological polar surface area (TPSA) is 69.7 Å². The van der Waals surface area contributed by atoms with E-state index < -0.39 is 10.0 Å². The molecule has 0 aliphatic carbocycles. The van der Waals surface area contributed by atoms with Crippen LogP contribution in [0.3, 0.4) is 0 Å². The van der Waals surface area contributed by atoms with Gasteiger partial charge in [0, 0.05) is 24.5 Å². The van der Waals surface area contributed by atoms with E-state index in [1.165, 1.54) is 22.1 Å². The van der Waals surface area contributed by atoms with E-state index in [0.29, 0.717) is 29.8 Å². The Balaban J connectivity index is 1.49. The first-order chi connectivity index (χ1) is 13.4. The molecule has 6 nitrogen and oxygen atoms in total. The van der Waals surface area contributed by atoms with Gasteiger partial charge >= 0.3 is 0 Å². The summed E-state index contributed by atoms with van der Waals surface area (Å²) in [6, 6.07) is 3.50.